The van der Waals surface area contributed by atoms with Crippen LogP contribution < -0.4 is 5.32 Å². The molecule has 0 bridgehead atoms. The fraction of sp³-hybridized carbons (Fsp3) is 0.667. The summed E-state index contributed by atoms with van der Waals surface area (Å²) in [5.74, 6) is 1.23. The van der Waals surface area contributed by atoms with E-state index in [1.165, 1.54) is 12.8 Å². The van der Waals surface area contributed by atoms with Crippen molar-refractivity contribution in [3.8, 4) is 0 Å². The molecule has 3 amide bonds. The zero-order valence-corrected chi connectivity index (χ0v) is 15.2. The molecule has 3 heterocycles. The summed E-state index contributed by atoms with van der Waals surface area (Å²) in [7, 11) is 2.01. The van der Waals surface area contributed by atoms with Crippen molar-refractivity contribution in [3.05, 3.63) is 17.8 Å². The average molecular weight is 358 g/mol. The Morgan fingerprint density at radius 3 is 2.31 bits per heavy atom. The van der Waals surface area contributed by atoms with Crippen LogP contribution in [0.5, 0.6) is 0 Å². The molecule has 8 nitrogen and oxygen atoms in total. The summed E-state index contributed by atoms with van der Waals surface area (Å²) < 4.78 is 0. The maximum absolute atomic E-state index is 12.6. The van der Waals surface area contributed by atoms with Crippen LogP contribution in [0.15, 0.2) is 12.1 Å². The molecule has 2 aliphatic heterocycles. The molecule has 1 saturated carbocycles. The lowest BCUT2D eigenvalue weighted by Gasteiger charge is -2.36. The molecule has 8 heteroatoms. The molecular formula is C18H26N6O2. The molecule has 0 radical (unpaired) electrons. The first-order valence-electron chi connectivity index (χ1n) is 9.50. The second-order valence-electron chi connectivity index (χ2n) is 7.50. The van der Waals surface area contributed by atoms with E-state index in [2.05, 4.69) is 20.4 Å². The lowest BCUT2D eigenvalue weighted by atomic mass is 10.2. The highest BCUT2D eigenvalue weighted by Crippen LogP contribution is 2.38. The number of nitrogens with zero attached hydrogens (tertiary/aromatic N) is 5. The molecule has 3 fully saturated rings. The SMILES string of the molecule is CN1CCCC1C(=O)N1CCN(C(=O)Nc2ccc(C3CC3)nn2)CC1. The predicted octanol–water partition coefficient (Wildman–Crippen LogP) is 1.12. The highest BCUT2D eigenvalue weighted by molar-refractivity contribution is 5.88. The Morgan fingerprint density at radius 2 is 1.73 bits per heavy atom. The number of aromatic nitrogens is 2. The number of amides is 3. The number of anilines is 1. The van der Waals surface area contributed by atoms with E-state index in [-0.39, 0.29) is 18.0 Å². The largest absolute Gasteiger partial charge is 0.338 e. The Morgan fingerprint density at radius 1 is 1.00 bits per heavy atom. The van der Waals surface area contributed by atoms with Crippen molar-refractivity contribution < 1.29 is 9.59 Å². The molecule has 1 atom stereocenters. The van der Waals surface area contributed by atoms with Gasteiger partial charge in [-0.3, -0.25) is 15.0 Å². The lowest BCUT2D eigenvalue weighted by molar-refractivity contribution is -0.136. The van der Waals surface area contributed by atoms with Gasteiger partial charge in [-0.2, -0.15) is 5.10 Å². The molecule has 1 aliphatic carbocycles. The van der Waals surface area contributed by atoms with Crippen LogP contribution in [-0.4, -0.2) is 82.6 Å². The topological polar surface area (TPSA) is 81.7 Å². The lowest BCUT2D eigenvalue weighted by Crippen LogP contribution is -2.55. The Hall–Kier alpha value is -2.22. The van der Waals surface area contributed by atoms with Gasteiger partial charge in [-0.1, -0.05) is 0 Å². The minimum Gasteiger partial charge on any atom is -0.338 e. The first-order chi connectivity index (χ1) is 12.6. The van der Waals surface area contributed by atoms with Crippen molar-refractivity contribution in [1.82, 2.24) is 24.9 Å². The van der Waals surface area contributed by atoms with Crippen LogP contribution in [0.2, 0.25) is 0 Å². The third kappa shape index (κ3) is 3.65. The van der Waals surface area contributed by atoms with E-state index in [4.69, 9.17) is 0 Å². The number of carbonyl (C=O) groups is 2. The molecule has 1 unspecified atom stereocenters. The molecule has 1 aromatic heterocycles. The molecule has 3 aliphatic rings. The second kappa shape index (κ2) is 7.19. The van der Waals surface area contributed by atoms with Gasteiger partial charge in [0.15, 0.2) is 5.82 Å². The molecule has 140 valence electrons. The van der Waals surface area contributed by atoms with Crippen molar-refractivity contribution >= 4 is 17.8 Å². The summed E-state index contributed by atoms with van der Waals surface area (Å²) in [5, 5.41) is 11.1. The van der Waals surface area contributed by atoms with E-state index in [0.717, 1.165) is 25.1 Å². The van der Waals surface area contributed by atoms with E-state index < -0.39 is 0 Å². The third-order valence-corrected chi connectivity index (χ3v) is 5.60. The normalized spacial score (nSPS) is 24.0. The molecule has 0 spiro atoms. The molecule has 1 N–H and O–H groups in total. The van der Waals surface area contributed by atoms with Gasteiger partial charge < -0.3 is 9.80 Å². The van der Waals surface area contributed by atoms with Crippen LogP contribution in [0, 0.1) is 0 Å². The number of urea groups is 1. The van der Waals surface area contributed by atoms with Crippen LogP contribution in [0.4, 0.5) is 10.6 Å². The smallest absolute Gasteiger partial charge is 0.323 e. The Labute approximate surface area is 153 Å². The van der Waals surface area contributed by atoms with Gasteiger partial charge in [-0.15, -0.1) is 5.10 Å². The van der Waals surface area contributed by atoms with Crippen LogP contribution >= 0.6 is 0 Å². The van der Waals surface area contributed by atoms with Gasteiger partial charge in [0, 0.05) is 32.1 Å². The number of nitrogens with one attached hydrogen (secondary N) is 1. The highest BCUT2D eigenvalue weighted by atomic mass is 16.2. The van der Waals surface area contributed by atoms with Crippen LogP contribution in [0.25, 0.3) is 0 Å². The van der Waals surface area contributed by atoms with Crippen LogP contribution in [0.1, 0.15) is 37.3 Å². The number of rotatable bonds is 3. The summed E-state index contributed by atoms with van der Waals surface area (Å²) in [6.07, 6.45) is 4.38. The number of piperazine rings is 1. The van der Waals surface area contributed by atoms with Gasteiger partial charge in [-0.25, -0.2) is 4.79 Å². The third-order valence-electron chi connectivity index (χ3n) is 5.60. The van der Waals surface area contributed by atoms with Crippen LogP contribution in [-0.2, 0) is 4.79 Å². The molecule has 26 heavy (non-hydrogen) atoms. The minimum atomic E-state index is -0.177. The summed E-state index contributed by atoms with van der Waals surface area (Å²) in [5.41, 5.74) is 1.01. The van der Waals surface area contributed by atoms with E-state index in [0.29, 0.717) is 37.9 Å². The zero-order chi connectivity index (χ0) is 18.1. The van der Waals surface area contributed by atoms with Crippen molar-refractivity contribution in [2.45, 2.75) is 37.6 Å². The average Bonchev–Trinajstić information content (AvgIpc) is 3.43. The second-order valence-corrected chi connectivity index (χ2v) is 7.50. The maximum Gasteiger partial charge on any atom is 0.323 e. The minimum absolute atomic E-state index is 0.00985. The fourth-order valence-electron chi connectivity index (χ4n) is 3.76. The Balaban J connectivity index is 1.27. The summed E-state index contributed by atoms with van der Waals surface area (Å²) in [6, 6.07) is 3.59. The van der Waals surface area contributed by atoms with Gasteiger partial charge in [0.2, 0.25) is 5.91 Å². The van der Waals surface area contributed by atoms with Crippen molar-refractivity contribution in [2.75, 3.05) is 45.1 Å². The molecule has 4 rings (SSSR count). The van der Waals surface area contributed by atoms with Crippen molar-refractivity contribution in [1.29, 1.82) is 0 Å². The van der Waals surface area contributed by atoms with E-state index in [1.54, 1.807) is 4.90 Å². The van der Waals surface area contributed by atoms with Gasteiger partial charge in [0.25, 0.3) is 0 Å². The Bertz CT molecular complexity index is 667. The quantitative estimate of drug-likeness (QED) is 0.876. The summed E-state index contributed by atoms with van der Waals surface area (Å²) in [4.78, 5) is 30.8. The van der Waals surface area contributed by atoms with Crippen molar-refractivity contribution in [3.63, 3.8) is 0 Å². The standard InChI is InChI=1S/C18H26N6O2/c1-22-8-2-3-15(22)17(25)23-9-11-24(12-10-23)18(26)19-16-7-6-14(20-21-16)13-4-5-13/h6-7,13,15H,2-5,8-12H2,1H3,(H,19,21,26). The highest BCUT2D eigenvalue weighted by Gasteiger charge is 2.33. The van der Waals surface area contributed by atoms with E-state index >= 15 is 0 Å². The zero-order valence-electron chi connectivity index (χ0n) is 15.2. The van der Waals surface area contributed by atoms with Crippen LogP contribution in [0.3, 0.4) is 0 Å². The van der Waals surface area contributed by atoms with Gasteiger partial charge >= 0.3 is 6.03 Å². The maximum atomic E-state index is 12.6. The van der Waals surface area contributed by atoms with E-state index in [9.17, 15) is 9.59 Å². The molecule has 0 aromatic carbocycles. The number of likely N-dealkylation sites (N-methyl/N-ethyl adjacent to an activating group) is 1. The number of hydrogen-bond acceptors (Lipinski definition) is 5. The molecular weight excluding hydrogens is 332 g/mol. The number of likely N-dealkylation sites (tertiary alicyclic amines) is 1. The van der Waals surface area contributed by atoms with E-state index in [1.807, 2.05) is 24.1 Å². The van der Waals surface area contributed by atoms with Gasteiger partial charge in [0.1, 0.15) is 0 Å². The fourth-order valence-corrected chi connectivity index (χ4v) is 3.76. The predicted molar refractivity (Wildman–Crippen MR) is 96.8 cm³/mol. The number of carbonyl (C=O) groups excluding carboxylic acids is 2. The summed E-state index contributed by atoms with van der Waals surface area (Å²) in [6.45, 7) is 3.24. The first-order valence-corrected chi connectivity index (χ1v) is 9.50. The van der Waals surface area contributed by atoms with Gasteiger partial charge in [-0.05, 0) is 51.4 Å². The van der Waals surface area contributed by atoms with Crippen molar-refractivity contribution in [2.24, 2.45) is 0 Å². The Kier molecular flexibility index (Phi) is 4.76. The first kappa shape index (κ1) is 17.2. The van der Waals surface area contributed by atoms with Gasteiger partial charge in [0.05, 0.1) is 11.7 Å². The monoisotopic (exact) mass is 358 g/mol. The number of hydrogen-bond donors (Lipinski definition) is 1. The summed E-state index contributed by atoms with van der Waals surface area (Å²) >= 11 is 0. The molecule has 2 saturated heterocycles. The molecule has 1 aromatic rings.